The van der Waals surface area contributed by atoms with Gasteiger partial charge in [0.05, 0.1) is 18.7 Å². The number of ether oxygens (including phenoxy) is 1. The Bertz CT molecular complexity index is 663. The predicted octanol–water partition coefficient (Wildman–Crippen LogP) is 3.65. The molecule has 0 fully saturated rings. The van der Waals surface area contributed by atoms with E-state index in [1.54, 1.807) is 11.3 Å². The molecule has 0 saturated carbocycles. The first kappa shape index (κ1) is 14.3. The van der Waals surface area contributed by atoms with E-state index in [1.807, 2.05) is 0 Å². The average molecular weight is 301 g/mol. The van der Waals surface area contributed by atoms with Crippen LogP contribution in [0.1, 0.15) is 30.2 Å². The number of aryl methyl sites for hydroxylation is 2. The Labute approximate surface area is 129 Å². The maximum Gasteiger partial charge on any atom is 0.309 e. The topological polar surface area (TPSA) is 39.2 Å². The molecular formula is C17H19NO2S. The van der Waals surface area contributed by atoms with Gasteiger partial charge in [0.1, 0.15) is 5.01 Å². The summed E-state index contributed by atoms with van der Waals surface area (Å²) in [4.78, 5) is 16.4. The number of methoxy groups -OCH3 is 1. The third-order valence-corrected chi connectivity index (χ3v) is 5.07. The van der Waals surface area contributed by atoms with Crippen molar-refractivity contribution in [3.8, 4) is 10.6 Å². The minimum absolute atomic E-state index is 0.000229. The number of aromatic nitrogens is 1. The molecule has 1 aromatic carbocycles. The van der Waals surface area contributed by atoms with Crippen molar-refractivity contribution in [3.63, 3.8) is 0 Å². The van der Waals surface area contributed by atoms with E-state index in [0.29, 0.717) is 0 Å². The molecule has 110 valence electrons. The summed E-state index contributed by atoms with van der Waals surface area (Å²) < 4.78 is 4.89. The lowest BCUT2D eigenvalue weighted by Gasteiger charge is -2.23. The van der Waals surface area contributed by atoms with Crippen molar-refractivity contribution in [1.29, 1.82) is 0 Å². The number of carbonyl (C=O) groups excluding carboxylic acids is 1. The van der Waals surface area contributed by atoms with E-state index >= 15 is 0 Å². The molecule has 1 unspecified atom stereocenters. The van der Waals surface area contributed by atoms with E-state index in [4.69, 9.17) is 4.74 Å². The number of carbonyl (C=O) groups is 1. The van der Waals surface area contributed by atoms with Crippen LogP contribution < -0.4 is 0 Å². The second kappa shape index (κ2) is 5.98. The van der Waals surface area contributed by atoms with Crippen LogP contribution in [0.3, 0.4) is 0 Å². The fraction of sp³-hybridized carbons (Fsp3) is 0.412. The summed E-state index contributed by atoms with van der Waals surface area (Å²) >= 11 is 1.69. The largest absolute Gasteiger partial charge is 0.469 e. The van der Waals surface area contributed by atoms with E-state index in [0.717, 1.165) is 41.9 Å². The highest BCUT2D eigenvalue weighted by Gasteiger charge is 2.25. The van der Waals surface area contributed by atoms with Gasteiger partial charge in [0.25, 0.3) is 0 Å². The molecule has 1 aromatic heterocycles. The molecule has 1 atom stereocenters. The first-order valence-corrected chi connectivity index (χ1v) is 8.23. The molecule has 0 amide bonds. The molecule has 21 heavy (non-hydrogen) atoms. The van der Waals surface area contributed by atoms with Crippen LogP contribution in [0.25, 0.3) is 10.6 Å². The molecule has 1 aliphatic rings. The van der Waals surface area contributed by atoms with Gasteiger partial charge in [0, 0.05) is 10.9 Å². The molecule has 0 saturated heterocycles. The zero-order chi connectivity index (χ0) is 14.8. The lowest BCUT2D eigenvalue weighted by atomic mass is 9.83. The van der Waals surface area contributed by atoms with Gasteiger partial charge in [-0.3, -0.25) is 4.79 Å². The van der Waals surface area contributed by atoms with Gasteiger partial charge in [-0.05, 0) is 42.9 Å². The molecule has 0 N–H and O–H groups in total. The highest BCUT2D eigenvalue weighted by molar-refractivity contribution is 7.13. The van der Waals surface area contributed by atoms with Crippen LogP contribution >= 0.6 is 11.3 Å². The lowest BCUT2D eigenvalue weighted by Crippen LogP contribution is -2.23. The number of hydrogen-bond acceptors (Lipinski definition) is 4. The second-order valence-electron chi connectivity index (χ2n) is 5.44. The number of nitrogens with zero attached hydrogens (tertiary/aromatic N) is 1. The summed E-state index contributed by atoms with van der Waals surface area (Å²) in [5, 5.41) is 3.18. The van der Waals surface area contributed by atoms with Crippen LogP contribution in [0, 0.1) is 5.92 Å². The van der Waals surface area contributed by atoms with Crippen LogP contribution in [-0.2, 0) is 28.8 Å². The summed E-state index contributed by atoms with van der Waals surface area (Å²) in [5.74, 6) is -0.0891. The van der Waals surface area contributed by atoms with Gasteiger partial charge >= 0.3 is 5.97 Å². The van der Waals surface area contributed by atoms with Crippen molar-refractivity contribution in [2.75, 3.05) is 7.11 Å². The molecule has 2 aromatic rings. The molecule has 0 aliphatic heterocycles. The maximum atomic E-state index is 11.7. The third kappa shape index (κ3) is 2.86. The van der Waals surface area contributed by atoms with E-state index in [2.05, 4.69) is 35.5 Å². The van der Waals surface area contributed by atoms with Crippen LogP contribution in [0.15, 0.2) is 23.6 Å². The van der Waals surface area contributed by atoms with Crippen molar-refractivity contribution in [2.24, 2.45) is 5.92 Å². The van der Waals surface area contributed by atoms with Gasteiger partial charge < -0.3 is 4.74 Å². The minimum Gasteiger partial charge on any atom is -0.469 e. The van der Waals surface area contributed by atoms with E-state index in [1.165, 1.54) is 18.2 Å². The van der Waals surface area contributed by atoms with Gasteiger partial charge in [-0.15, -0.1) is 11.3 Å². The quantitative estimate of drug-likeness (QED) is 0.812. The summed E-state index contributed by atoms with van der Waals surface area (Å²) in [6.07, 6.45) is 3.58. The lowest BCUT2D eigenvalue weighted by molar-refractivity contribution is -0.145. The summed E-state index contributed by atoms with van der Waals surface area (Å²) in [6, 6.07) is 6.53. The number of benzene rings is 1. The normalized spacial score (nSPS) is 17.3. The Kier molecular flexibility index (Phi) is 4.06. The van der Waals surface area contributed by atoms with Crippen molar-refractivity contribution in [2.45, 2.75) is 32.6 Å². The zero-order valence-electron chi connectivity index (χ0n) is 12.4. The number of esters is 1. The summed E-state index contributed by atoms with van der Waals surface area (Å²) in [5.41, 5.74) is 4.91. The van der Waals surface area contributed by atoms with Crippen LogP contribution in [-0.4, -0.2) is 18.1 Å². The molecule has 3 nitrogen and oxygen atoms in total. The molecule has 1 aliphatic carbocycles. The smallest absolute Gasteiger partial charge is 0.309 e. The van der Waals surface area contributed by atoms with Gasteiger partial charge in [0.2, 0.25) is 0 Å². The Balaban J connectivity index is 1.88. The summed E-state index contributed by atoms with van der Waals surface area (Å²) in [7, 11) is 1.47. The van der Waals surface area contributed by atoms with E-state index < -0.39 is 0 Å². The highest BCUT2D eigenvalue weighted by Crippen LogP contribution is 2.31. The van der Waals surface area contributed by atoms with Crippen molar-refractivity contribution in [1.82, 2.24) is 4.98 Å². The fourth-order valence-electron chi connectivity index (χ4n) is 2.86. The first-order chi connectivity index (χ1) is 10.2. The van der Waals surface area contributed by atoms with Crippen LogP contribution in [0.4, 0.5) is 0 Å². The van der Waals surface area contributed by atoms with Gasteiger partial charge in [-0.1, -0.05) is 19.1 Å². The van der Waals surface area contributed by atoms with Gasteiger partial charge in [-0.25, -0.2) is 4.98 Å². The van der Waals surface area contributed by atoms with Crippen molar-refractivity contribution >= 4 is 17.3 Å². The third-order valence-electron chi connectivity index (χ3n) is 4.13. The Morgan fingerprint density at radius 3 is 3.00 bits per heavy atom. The van der Waals surface area contributed by atoms with Crippen molar-refractivity contribution < 1.29 is 9.53 Å². The maximum absolute atomic E-state index is 11.7. The average Bonchev–Trinajstić information content (AvgIpc) is 3.02. The Morgan fingerprint density at radius 1 is 1.43 bits per heavy atom. The standard InChI is InChI=1S/C17H19NO2S/c1-3-15-10-21-16(18-15)12-6-4-11-5-7-13(17(19)20-2)9-14(11)8-12/h4,6,8,10,13H,3,5,7,9H2,1-2H3. The van der Waals surface area contributed by atoms with Crippen molar-refractivity contribution in [3.05, 3.63) is 40.4 Å². The molecule has 0 spiro atoms. The minimum atomic E-state index is -0.0893. The monoisotopic (exact) mass is 301 g/mol. The highest BCUT2D eigenvalue weighted by atomic mass is 32.1. The molecule has 0 bridgehead atoms. The SMILES string of the molecule is CCc1csc(-c2ccc3c(c2)CC(C(=O)OC)CC3)n1. The predicted molar refractivity (Wildman–Crippen MR) is 84.5 cm³/mol. The molecular weight excluding hydrogens is 282 g/mol. The van der Waals surface area contributed by atoms with Gasteiger partial charge in [-0.2, -0.15) is 0 Å². The fourth-order valence-corrected chi connectivity index (χ4v) is 3.76. The summed E-state index contributed by atoms with van der Waals surface area (Å²) in [6.45, 7) is 2.12. The van der Waals surface area contributed by atoms with E-state index in [-0.39, 0.29) is 11.9 Å². The number of thiazole rings is 1. The molecule has 1 heterocycles. The number of hydrogen-bond donors (Lipinski definition) is 0. The zero-order valence-corrected chi connectivity index (χ0v) is 13.2. The van der Waals surface area contributed by atoms with Crippen LogP contribution in [0.5, 0.6) is 0 Å². The van der Waals surface area contributed by atoms with E-state index in [9.17, 15) is 4.79 Å². The molecule has 4 heteroatoms. The Morgan fingerprint density at radius 2 is 2.29 bits per heavy atom. The van der Waals surface area contributed by atoms with Crippen LogP contribution in [0.2, 0.25) is 0 Å². The number of rotatable bonds is 3. The second-order valence-corrected chi connectivity index (χ2v) is 6.30. The Hall–Kier alpha value is -1.68. The molecule has 0 radical (unpaired) electrons. The van der Waals surface area contributed by atoms with Gasteiger partial charge in [0.15, 0.2) is 0 Å². The first-order valence-electron chi connectivity index (χ1n) is 7.35. The molecule has 3 rings (SSSR count). The number of fused-ring (bicyclic) bond motifs is 1.